The van der Waals surface area contributed by atoms with E-state index in [0.717, 1.165) is 25.3 Å². The highest BCUT2D eigenvalue weighted by Crippen LogP contribution is 2.31. The van der Waals surface area contributed by atoms with Gasteiger partial charge in [-0.25, -0.2) is 12.8 Å². The highest BCUT2D eigenvalue weighted by molar-refractivity contribution is 9.10. The van der Waals surface area contributed by atoms with Crippen LogP contribution < -0.4 is 5.73 Å². The average molecular weight is 365 g/mol. The molecule has 1 aliphatic rings. The largest absolute Gasteiger partial charge is 0.326 e. The van der Waals surface area contributed by atoms with Gasteiger partial charge in [0.25, 0.3) is 0 Å². The fraction of sp³-hybridized carbons (Fsp3) is 0.538. The quantitative estimate of drug-likeness (QED) is 0.895. The lowest BCUT2D eigenvalue weighted by atomic mass is 10.00. The minimum absolute atomic E-state index is 0.0370. The van der Waals surface area contributed by atoms with Gasteiger partial charge in [0.1, 0.15) is 5.82 Å². The molecule has 7 heteroatoms. The maximum atomic E-state index is 13.4. The van der Waals surface area contributed by atoms with Crippen LogP contribution >= 0.6 is 15.9 Å². The van der Waals surface area contributed by atoms with Crippen molar-refractivity contribution in [3.05, 3.63) is 28.5 Å². The molecule has 2 N–H and O–H groups in total. The third-order valence-corrected chi connectivity index (χ3v) is 6.50. The summed E-state index contributed by atoms with van der Waals surface area (Å²) in [7, 11) is -3.74. The van der Waals surface area contributed by atoms with E-state index in [2.05, 4.69) is 15.9 Å². The lowest BCUT2D eigenvalue weighted by Gasteiger charge is -2.37. The van der Waals surface area contributed by atoms with Crippen LogP contribution in [0.1, 0.15) is 26.2 Å². The first-order valence-electron chi connectivity index (χ1n) is 6.56. The molecule has 2 rings (SSSR count). The van der Waals surface area contributed by atoms with Crippen LogP contribution in [0.3, 0.4) is 0 Å². The van der Waals surface area contributed by atoms with Gasteiger partial charge in [-0.3, -0.25) is 0 Å². The third kappa shape index (κ3) is 3.05. The number of hydrogen-bond acceptors (Lipinski definition) is 3. The number of benzene rings is 1. The van der Waals surface area contributed by atoms with Crippen LogP contribution in [-0.2, 0) is 10.0 Å². The maximum absolute atomic E-state index is 13.4. The minimum Gasteiger partial charge on any atom is -0.326 e. The Morgan fingerprint density at radius 2 is 2.15 bits per heavy atom. The molecule has 0 aromatic heterocycles. The van der Waals surface area contributed by atoms with Gasteiger partial charge in [0, 0.05) is 23.1 Å². The predicted molar refractivity (Wildman–Crippen MR) is 79.3 cm³/mol. The van der Waals surface area contributed by atoms with E-state index >= 15 is 0 Å². The Bertz CT molecular complexity index is 592. The zero-order valence-corrected chi connectivity index (χ0v) is 13.6. The van der Waals surface area contributed by atoms with Crippen LogP contribution in [0, 0.1) is 5.82 Å². The Balaban J connectivity index is 2.45. The van der Waals surface area contributed by atoms with Crippen LogP contribution in [0.4, 0.5) is 4.39 Å². The van der Waals surface area contributed by atoms with Crippen LogP contribution in [0.25, 0.3) is 0 Å². The summed E-state index contributed by atoms with van der Waals surface area (Å²) in [6, 6.07) is 3.20. The van der Waals surface area contributed by atoms with Crippen molar-refractivity contribution < 1.29 is 12.8 Å². The molecular formula is C13H18BrFN2O2S. The predicted octanol–water partition coefficient (Wildman–Crippen LogP) is 2.48. The Labute approximate surface area is 127 Å². The van der Waals surface area contributed by atoms with Gasteiger partial charge in [-0.2, -0.15) is 4.31 Å². The van der Waals surface area contributed by atoms with E-state index in [4.69, 9.17) is 5.73 Å². The standard InChI is InChI=1S/C13H18BrFN2O2S/c1-9(16)12-4-2-3-7-17(12)20(18,19)13-8-10(15)5-6-11(13)14/h5-6,8-9,12H,2-4,7,16H2,1H3/t9-,12-/m1/s1. The summed E-state index contributed by atoms with van der Waals surface area (Å²) in [4.78, 5) is -0.0370. The lowest BCUT2D eigenvalue weighted by molar-refractivity contribution is 0.227. The molecule has 1 heterocycles. The first-order chi connectivity index (χ1) is 9.34. The number of nitrogens with two attached hydrogens (primary N) is 1. The van der Waals surface area contributed by atoms with E-state index in [-0.39, 0.29) is 17.0 Å². The number of sulfonamides is 1. The number of rotatable bonds is 3. The van der Waals surface area contributed by atoms with E-state index in [1.807, 2.05) is 0 Å². The van der Waals surface area contributed by atoms with Crippen molar-refractivity contribution in [3.8, 4) is 0 Å². The van der Waals surface area contributed by atoms with Crippen molar-refractivity contribution in [2.75, 3.05) is 6.54 Å². The number of piperidine rings is 1. The molecule has 0 radical (unpaired) electrons. The molecule has 2 atom stereocenters. The molecule has 0 saturated carbocycles. The molecule has 0 unspecified atom stereocenters. The minimum atomic E-state index is -3.74. The molecular weight excluding hydrogens is 347 g/mol. The molecule has 1 aromatic rings. The van der Waals surface area contributed by atoms with Crippen molar-refractivity contribution in [3.63, 3.8) is 0 Å². The highest BCUT2D eigenvalue weighted by Gasteiger charge is 2.36. The molecule has 112 valence electrons. The fourth-order valence-electron chi connectivity index (χ4n) is 2.56. The highest BCUT2D eigenvalue weighted by atomic mass is 79.9. The van der Waals surface area contributed by atoms with Crippen molar-refractivity contribution in [1.82, 2.24) is 4.31 Å². The van der Waals surface area contributed by atoms with Gasteiger partial charge in [0.15, 0.2) is 0 Å². The van der Waals surface area contributed by atoms with Crippen LogP contribution in [0.2, 0.25) is 0 Å². The normalized spacial score (nSPS) is 22.7. The van der Waals surface area contributed by atoms with Gasteiger partial charge in [-0.1, -0.05) is 6.42 Å². The van der Waals surface area contributed by atoms with Gasteiger partial charge in [0.2, 0.25) is 10.0 Å². The molecule has 1 saturated heterocycles. The van der Waals surface area contributed by atoms with Gasteiger partial charge in [-0.15, -0.1) is 0 Å². The second-order valence-electron chi connectivity index (χ2n) is 5.11. The maximum Gasteiger partial charge on any atom is 0.244 e. The van der Waals surface area contributed by atoms with Gasteiger partial charge in [-0.05, 0) is 53.9 Å². The Morgan fingerprint density at radius 1 is 1.45 bits per heavy atom. The van der Waals surface area contributed by atoms with Gasteiger partial charge in [0.05, 0.1) is 4.90 Å². The molecule has 0 aliphatic carbocycles. The van der Waals surface area contributed by atoms with E-state index < -0.39 is 15.8 Å². The molecule has 0 amide bonds. The molecule has 1 aromatic carbocycles. The molecule has 0 spiro atoms. The van der Waals surface area contributed by atoms with Crippen LogP contribution in [-0.4, -0.2) is 31.4 Å². The lowest BCUT2D eigenvalue weighted by Crippen LogP contribution is -2.51. The van der Waals surface area contributed by atoms with Crippen LogP contribution in [0.5, 0.6) is 0 Å². The number of hydrogen-bond donors (Lipinski definition) is 1. The van der Waals surface area contributed by atoms with Crippen molar-refractivity contribution in [2.24, 2.45) is 5.73 Å². The van der Waals surface area contributed by atoms with Crippen LogP contribution in [0.15, 0.2) is 27.6 Å². The third-order valence-electron chi connectivity index (χ3n) is 3.59. The summed E-state index contributed by atoms with van der Waals surface area (Å²) in [5.74, 6) is -0.568. The summed E-state index contributed by atoms with van der Waals surface area (Å²) in [6.07, 6.45) is 2.50. The topological polar surface area (TPSA) is 63.4 Å². The Kier molecular flexibility index (Phi) is 4.84. The van der Waals surface area contributed by atoms with Crippen molar-refractivity contribution in [2.45, 2.75) is 43.2 Å². The summed E-state index contributed by atoms with van der Waals surface area (Å²) in [5, 5.41) is 0. The number of halogens is 2. The summed E-state index contributed by atoms with van der Waals surface area (Å²) in [5.41, 5.74) is 5.91. The molecule has 4 nitrogen and oxygen atoms in total. The zero-order chi connectivity index (χ0) is 14.9. The van der Waals surface area contributed by atoms with Gasteiger partial charge < -0.3 is 5.73 Å². The van der Waals surface area contributed by atoms with E-state index in [9.17, 15) is 12.8 Å². The zero-order valence-electron chi connectivity index (χ0n) is 11.2. The molecule has 1 fully saturated rings. The average Bonchev–Trinajstić information content (AvgIpc) is 2.41. The van der Waals surface area contributed by atoms with Crippen molar-refractivity contribution >= 4 is 26.0 Å². The first kappa shape index (κ1) is 15.9. The summed E-state index contributed by atoms with van der Waals surface area (Å²) in [6.45, 7) is 2.23. The summed E-state index contributed by atoms with van der Waals surface area (Å²) >= 11 is 3.19. The Hall–Kier alpha value is -0.500. The Morgan fingerprint density at radius 3 is 2.80 bits per heavy atom. The van der Waals surface area contributed by atoms with E-state index in [1.165, 1.54) is 16.4 Å². The van der Waals surface area contributed by atoms with E-state index in [1.54, 1.807) is 6.92 Å². The fourth-order valence-corrected chi connectivity index (χ4v) is 5.27. The first-order valence-corrected chi connectivity index (χ1v) is 8.80. The van der Waals surface area contributed by atoms with Crippen molar-refractivity contribution in [1.29, 1.82) is 0 Å². The molecule has 1 aliphatic heterocycles. The smallest absolute Gasteiger partial charge is 0.244 e. The number of nitrogens with zero attached hydrogens (tertiary/aromatic N) is 1. The molecule has 0 bridgehead atoms. The SMILES string of the molecule is C[C@@H](N)[C@H]1CCCCN1S(=O)(=O)c1cc(F)ccc1Br. The van der Waals surface area contributed by atoms with E-state index in [0.29, 0.717) is 11.0 Å². The second kappa shape index (κ2) is 6.09. The second-order valence-corrected chi connectivity index (χ2v) is 7.83. The monoisotopic (exact) mass is 364 g/mol. The molecule has 20 heavy (non-hydrogen) atoms. The van der Waals surface area contributed by atoms with Gasteiger partial charge >= 0.3 is 0 Å². The summed E-state index contributed by atoms with van der Waals surface area (Å²) < 4.78 is 40.7.